The highest BCUT2D eigenvalue weighted by atomic mass is 79.9. The second kappa shape index (κ2) is 26.7. The molecule has 0 radical (unpaired) electrons. The standard InChI is InChI=1S/C12H9BrN4O.C12H11BrN2O2.C8H13N2O2.C6H6BrN.C2H6N2O/c1-8-15-12(18-16-8)11-6-17(7-14-11)10-4-2-3-9(13)5-10;1-2-17-12(16)11-7-15(8-14-11)10-5-3-4-9(13)6-10;1-5-12-8(11)7(9-2)6-10(3)4;7-5-2-1-3-6(8)4-5;1-2(3)4-5/h2-7H,1H3;3-8H,2H2,1H3;2,6H,5H2,1,3-4H3;1-4H,8H2;5H,1H3,(H2,3,4)/q;;+1;;/b;;7-6-;;. The van der Waals surface area contributed by atoms with E-state index in [1.807, 2.05) is 83.6 Å². The van der Waals surface area contributed by atoms with Crippen LogP contribution >= 0.6 is 47.8 Å². The first-order valence-corrected chi connectivity index (χ1v) is 20.0. The summed E-state index contributed by atoms with van der Waals surface area (Å²) in [6.45, 7) is 12.4. The molecule has 0 amide bonds. The Hall–Kier alpha value is -6.30. The molecule has 6 aromatic rings. The summed E-state index contributed by atoms with van der Waals surface area (Å²) in [6.07, 6.45) is 8.32. The zero-order valence-corrected chi connectivity index (χ0v) is 38.4. The molecule has 0 fully saturated rings. The maximum absolute atomic E-state index is 11.4. The number of benzene rings is 3. The van der Waals surface area contributed by atoms with Gasteiger partial charge in [0, 0.05) is 57.0 Å². The van der Waals surface area contributed by atoms with Crippen LogP contribution in [0.5, 0.6) is 0 Å². The Morgan fingerprint density at radius 3 is 1.88 bits per heavy atom. The summed E-state index contributed by atoms with van der Waals surface area (Å²) in [5.41, 5.74) is 14.0. The van der Waals surface area contributed by atoms with E-state index in [9.17, 15) is 9.59 Å². The van der Waals surface area contributed by atoms with Crippen LogP contribution in [-0.4, -0.2) is 84.4 Å². The average Bonchev–Trinajstić information content (AvgIpc) is 4.00. The van der Waals surface area contributed by atoms with Crippen molar-refractivity contribution in [3.05, 3.63) is 140 Å². The number of ether oxygens (including phenoxy) is 2. The molecular formula is C40H45Br3N11O6+. The maximum atomic E-state index is 11.4. The summed E-state index contributed by atoms with van der Waals surface area (Å²) in [6, 6.07) is 23.2. The molecule has 3 aromatic carbocycles. The highest BCUT2D eigenvalue weighted by molar-refractivity contribution is 9.11. The molecule has 6 rings (SSSR count). The minimum absolute atomic E-state index is 0.113. The Labute approximate surface area is 372 Å². The molecule has 0 aliphatic carbocycles. The number of nitrogen functional groups attached to an aromatic ring is 1. The quantitative estimate of drug-likeness (QED) is 0.0248. The summed E-state index contributed by atoms with van der Waals surface area (Å²) >= 11 is 10.1. The highest BCUT2D eigenvalue weighted by Gasteiger charge is 2.20. The van der Waals surface area contributed by atoms with Crippen molar-refractivity contribution < 1.29 is 28.8 Å². The predicted molar refractivity (Wildman–Crippen MR) is 241 cm³/mol. The van der Waals surface area contributed by atoms with Crippen LogP contribution < -0.4 is 11.5 Å². The van der Waals surface area contributed by atoms with Crippen LogP contribution in [-0.2, 0) is 14.3 Å². The molecule has 20 heteroatoms. The topological polar surface area (TPSA) is 219 Å². The smallest absolute Gasteiger partial charge is 0.439 e. The van der Waals surface area contributed by atoms with Gasteiger partial charge in [-0.1, -0.05) is 76.3 Å². The molecule has 0 atom stereocenters. The number of imidazole rings is 2. The summed E-state index contributed by atoms with van der Waals surface area (Å²) in [5, 5.41) is 13.9. The fourth-order valence-corrected chi connectivity index (χ4v) is 5.31. The van der Waals surface area contributed by atoms with Gasteiger partial charge in [-0.25, -0.2) is 19.6 Å². The van der Waals surface area contributed by atoms with E-state index in [2.05, 4.69) is 82.6 Å². The summed E-state index contributed by atoms with van der Waals surface area (Å²) in [7, 11) is 3.54. The molecule has 316 valence electrons. The number of esters is 2. The maximum Gasteiger partial charge on any atom is 0.439 e. The number of hydrogen-bond acceptors (Lipinski definition) is 13. The number of hydrogen-bond donors (Lipinski definition) is 3. The summed E-state index contributed by atoms with van der Waals surface area (Å²) in [4.78, 5) is 39.8. The Balaban J connectivity index is 0.000000275. The van der Waals surface area contributed by atoms with Crippen molar-refractivity contribution in [3.8, 4) is 29.5 Å². The summed E-state index contributed by atoms with van der Waals surface area (Å²) < 4.78 is 21.3. The third-order valence-electron chi connectivity index (χ3n) is 6.62. The number of aromatic nitrogens is 6. The average molecular weight is 1020 g/mol. The molecule has 5 N–H and O–H groups in total. The van der Waals surface area contributed by atoms with Crippen molar-refractivity contribution in [1.82, 2.24) is 34.1 Å². The minimum atomic E-state index is -0.506. The number of rotatable bonds is 8. The van der Waals surface area contributed by atoms with Crippen molar-refractivity contribution >= 4 is 71.3 Å². The highest BCUT2D eigenvalue weighted by Crippen LogP contribution is 2.20. The SMILES string of the molecule is C#[N+]/C(=C\N(C)C)C(=O)OCC.C/C(N)=N/O.CCOC(=O)c1cn(-c2cccc(Br)c2)cn1.Cc1noc(-c2cn(-c3cccc(Br)c3)cn2)n1.Nc1cccc(Br)c1. The van der Waals surface area contributed by atoms with Gasteiger partial charge in [0.2, 0.25) is 0 Å². The van der Waals surface area contributed by atoms with Gasteiger partial charge < -0.3 is 44.7 Å². The first-order chi connectivity index (χ1) is 28.6. The number of carbonyl (C=O) groups excluding carboxylic acids is 2. The van der Waals surface area contributed by atoms with Crippen LogP contribution in [0.2, 0.25) is 0 Å². The first-order valence-electron chi connectivity index (χ1n) is 17.6. The van der Waals surface area contributed by atoms with Crippen molar-refractivity contribution in [2.45, 2.75) is 27.7 Å². The van der Waals surface area contributed by atoms with Crippen molar-refractivity contribution in [3.63, 3.8) is 0 Å². The Morgan fingerprint density at radius 2 is 1.45 bits per heavy atom. The van der Waals surface area contributed by atoms with Crippen LogP contribution in [0.4, 0.5) is 5.69 Å². The zero-order chi connectivity index (χ0) is 44.6. The molecule has 3 heterocycles. The minimum Gasteiger partial charge on any atom is -0.461 e. The zero-order valence-electron chi connectivity index (χ0n) is 33.6. The molecule has 0 saturated heterocycles. The molecule has 0 saturated carbocycles. The second-order valence-electron chi connectivity index (χ2n) is 11.8. The molecule has 0 spiro atoms. The van der Waals surface area contributed by atoms with E-state index >= 15 is 0 Å². The van der Waals surface area contributed by atoms with E-state index in [1.165, 1.54) is 13.1 Å². The Bertz CT molecular complexity index is 2350. The van der Waals surface area contributed by atoms with Gasteiger partial charge in [-0.2, -0.15) is 4.98 Å². The normalized spacial score (nSPS) is 10.4. The lowest BCUT2D eigenvalue weighted by Crippen LogP contribution is -2.10. The summed E-state index contributed by atoms with van der Waals surface area (Å²) in [5.74, 6) is 0.309. The lowest BCUT2D eigenvalue weighted by molar-refractivity contribution is -0.138. The fraction of sp³-hybridized carbons (Fsp3) is 0.200. The van der Waals surface area contributed by atoms with E-state index in [0.29, 0.717) is 36.3 Å². The first kappa shape index (κ1) is 49.8. The van der Waals surface area contributed by atoms with Gasteiger partial charge in [0.15, 0.2) is 11.5 Å². The van der Waals surface area contributed by atoms with Gasteiger partial charge in [0.25, 0.3) is 12.5 Å². The number of nitrogens with zero attached hydrogens (tertiary/aromatic N) is 9. The lowest BCUT2D eigenvalue weighted by Gasteiger charge is -2.01. The van der Waals surface area contributed by atoms with Crippen LogP contribution in [0.25, 0.3) is 27.8 Å². The third kappa shape index (κ3) is 18.5. The van der Waals surface area contributed by atoms with E-state index in [0.717, 1.165) is 30.5 Å². The molecule has 0 aliphatic heterocycles. The molecular weight excluding hydrogens is 970 g/mol. The van der Waals surface area contributed by atoms with E-state index in [-0.39, 0.29) is 11.5 Å². The Kier molecular flexibility index (Phi) is 22.1. The van der Waals surface area contributed by atoms with Gasteiger partial charge in [0.1, 0.15) is 24.2 Å². The van der Waals surface area contributed by atoms with Gasteiger partial charge in [0.05, 0.1) is 19.4 Å². The fourth-order valence-electron chi connectivity index (χ4n) is 4.12. The van der Waals surface area contributed by atoms with Gasteiger partial charge in [-0.3, -0.25) is 0 Å². The third-order valence-corrected chi connectivity index (χ3v) is 8.10. The van der Waals surface area contributed by atoms with Crippen molar-refractivity contribution in [2.24, 2.45) is 10.9 Å². The predicted octanol–water partition coefficient (Wildman–Crippen LogP) is 8.50. The van der Waals surface area contributed by atoms with E-state index in [4.69, 9.17) is 32.5 Å². The molecule has 17 nitrogen and oxygen atoms in total. The number of amidine groups is 1. The molecule has 0 aliphatic rings. The number of oxime groups is 1. The molecule has 3 aromatic heterocycles. The van der Waals surface area contributed by atoms with Crippen LogP contribution in [0, 0.1) is 13.5 Å². The van der Waals surface area contributed by atoms with Crippen LogP contribution in [0.15, 0.2) is 133 Å². The van der Waals surface area contributed by atoms with Gasteiger partial charge >= 0.3 is 17.6 Å². The van der Waals surface area contributed by atoms with Crippen LogP contribution in [0.3, 0.4) is 0 Å². The number of carbonyl (C=O) groups is 2. The van der Waals surface area contributed by atoms with E-state index < -0.39 is 11.9 Å². The molecule has 60 heavy (non-hydrogen) atoms. The van der Waals surface area contributed by atoms with Crippen LogP contribution in [0.1, 0.15) is 37.1 Å². The van der Waals surface area contributed by atoms with Gasteiger partial charge in [-0.05, 0) is 87.1 Å². The lowest BCUT2D eigenvalue weighted by atomic mass is 10.3. The monoisotopic (exact) mass is 1010 g/mol. The molecule has 0 bridgehead atoms. The van der Waals surface area contributed by atoms with Crippen molar-refractivity contribution in [1.29, 1.82) is 0 Å². The molecule has 0 unspecified atom stereocenters. The number of aryl methyl sites for hydroxylation is 1. The largest absolute Gasteiger partial charge is 0.461 e. The second-order valence-corrected chi connectivity index (χ2v) is 14.5. The van der Waals surface area contributed by atoms with Gasteiger partial charge in [-0.15, -0.1) is 0 Å². The van der Waals surface area contributed by atoms with Crippen molar-refractivity contribution in [2.75, 3.05) is 33.0 Å². The Morgan fingerprint density at radius 1 is 0.917 bits per heavy atom. The van der Waals surface area contributed by atoms with E-state index in [1.54, 1.807) is 63.2 Å². The number of anilines is 1. The number of halogens is 3. The number of nitrogens with two attached hydrogens (primary N) is 2.